The van der Waals surface area contributed by atoms with E-state index in [2.05, 4.69) is 12.2 Å². The van der Waals surface area contributed by atoms with Crippen molar-refractivity contribution in [1.82, 2.24) is 10.2 Å². The average molecular weight is 224 g/mol. The van der Waals surface area contributed by atoms with Gasteiger partial charge in [0.1, 0.15) is 0 Å². The molecule has 1 saturated carbocycles. The lowest BCUT2D eigenvalue weighted by Gasteiger charge is -2.36. The van der Waals surface area contributed by atoms with Crippen LogP contribution in [0.4, 0.5) is 4.79 Å². The molecule has 2 unspecified atom stereocenters. The lowest BCUT2D eigenvalue weighted by Crippen LogP contribution is -2.57. The smallest absolute Gasteiger partial charge is 0.321 e. The van der Waals surface area contributed by atoms with Crippen LogP contribution in [0.15, 0.2) is 0 Å². The van der Waals surface area contributed by atoms with Crippen LogP contribution in [0.1, 0.15) is 39.5 Å². The molecule has 0 radical (unpaired) electrons. The van der Waals surface area contributed by atoms with Gasteiger partial charge in [-0.1, -0.05) is 26.7 Å². The van der Waals surface area contributed by atoms with E-state index >= 15 is 0 Å². The molecule has 16 heavy (non-hydrogen) atoms. The van der Waals surface area contributed by atoms with Gasteiger partial charge in [0.15, 0.2) is 0 Å². The van der Waals surface area contributed by atoms with Crippen LogP contribution in [0.3, 0.4) is 0 Å². The minimum absolute atomic E-state index is 0.0778. The Kier molecular flexibility index (Phi) is 3.17. The maximum absolute atomic E-state index is 11.7. The highest BCUT2D eigenvalue weighted by molar-refractivity contribution is 5.97. The summed E-state index contributed by atoms with van der Waals surface area (Å²) in [5.41, 5.74) is 0. The first kappa shape index (κ1) is 11.4. The van der Waals surface area contributed by atoms with Gasteiger partial charge in [-0.05, 0) is 18.8 Å². The number of imide groups is 1. The highest BCUT2D eigenvalue weighted by Crippen LogP contribution is 2.35. The molecule has 0 bridgehead atoms. The van der Waals surface area contributed by atoms with Crippen LogP contribution in [-0.2, 0) is 4.79 Å². The molecule has 2 aliphatic rings. The standard InChI is InChI=1S/C12H20N2O2/c1-3-10(6-9-4-5-9)14-7-8(2)11(15)13-12(14)16/h8-10H,3-7H2,1-2H3,(H,13,15,16). The Morgan fingerprint density at radius 3 is 2.69 bits per heavy atom. The van der Waals surface area contributed by atoms with Crippen molar-refractivity contribution in [1.29, 1.82) is 0 Å². The molecule has 0 aromatic carbocycles. The van der Waals surface area contributed by atoms with Crippen molar-refractivity contribution < 1.29 is 9.59 Å². The van der Waals surface area contributed by atoms with Gasteiger partial charge in [0.05, 0.1) is 5.92 Å². The first-order valence-corrected chi connectivity index (χ1v) is 6.23. The summed E-state index contributed by atoms with van der Waals surface area (Å²) in [4.78, 5) is 24.9. The van der Waals surface area contributed by atoms with Crippen molar-refractivity contribution in [2.45, 2.75) is 45.6 Å². The fraction of sp³-hybridized carbons (Fsp3) is 0.833. The van der Waals surface area contributed by atoms with Crippen LogP contribution < -0.4 is 5.32 Å². The number of hydrogen-bond acceptors (Lipinski definition) is 2. The second-order valence-electron chi connectivity index (χ2n) is 5.09. The van der Waals surface area contributed by atoms with Gasteiger partial charge < -0.3 is 4.90 Å². The molecule has 4 heteroatoms. The molecular formula is C12H20N2O2. The van der Waals surface area contributed by atoms with E-state index < -0.39 is 0 Å². The summed E-state index contributed by atoms with van der Waals surface area (Å²) >= 11 is 0. The Morgan fingerprint density at radius 2 is 2.12 bits per heavy atom. The van der Waals surface area contributed by atoms with E-state index in [9.17, 15) is 9.59 Å². The largest absolute Gasteiger partial charge is 0.324 e. The third-order valence-electron chi connectivity index (χ3n) is 3.62. The highest BCUT2D eigenvalue weighted by Gasteiger charge is 2.35. The summed E-state index contributed by atoms with van der Waals surface area (Å²) in [6.45, 7) is 4.57. The van der Waals surface area contributed by atoms with Crippen molar-refractivity contribution in [2.24, 2.45) is 11.8 Å². The van der Waals surface area contributed by atoms with E-state index in [1.807, 2.05) is 11.8 Å². The Hall–Kier alpha value is -1.06. The third kappa shape index (κ3) is 2.36. The van der Waals surface area contributed by atoms with E-state index in [1.54, 1.807) is 0 Å². The van der Waals surface area contributed by atoms with Gasteiger partial charge in [-0.15, -0.1) is 0 Å². The van der Waals surface area contributed by atoms with Gasteiger partial charge in [-0.2, -0.15) is 0 Å². The molecule has 1 aliphatic carbocycles. The van der Waals surface area contributed by atoms with Crippen LogP contribution in [0.5, 0.6) is 0 Å². The Bertz CT molecular complexity index is 299. The first-order valence-electron chi connectivity index (χ1n) is 6.23. The Labute approximate surface area is 96.4 Å². The number of amides is 3. The molecule has 0 aromatic rings. The molecule has 1 heterocycles. The summed E-state index contributed by atoms with van der Waals surface area (Å²) in [7, 11) is 0. The van der Waals surface area contributed by atoms with Crippen LogP contribution >= 0.6 is 0 Å². The van der Waals surface area contributed by atoms with Crippen LogP contribution in [0.2, 0.25) is 0 Å². The quantitative estimate of drug-likeness (QED) is 0.791. The van der Waals surface area contributed by atoms with Gasteiger partial charge in [0.25, 0.3) is 0 Å². The monoisotopic (exact) mass is 224 g/mol. The van der Waals surface area contributed by atoms with Gasteiger partial charge in [-0.25, -0.2) is 4.79 Å². The lowest BCUT2D eigenvalue weighted by atomic mass is 10.0. The minimum Gasteiger partial charge on any atom is -0.321 e. The predicted octanol–water partition coefficient (Wildman–Crippen LogP) is 1.75. The third-order valence-corrected chi connectivity index (χ3v) is 3.62. The number of nitrogens with one attached hydrogen (secondary N) is 1. The topological polar surface area (TPSA) is 49.4 Å². The zero-order valence-corrected chi connectivity index (χ0v) is 10.0. The second kappa shape index (κ2) is 4.44. The zero-order chi connectivity index (χ0) is 11.7. The summed E-state index contributed by atoms with van der Waals surface area (Å²) in [5.74, 6) is 0.596. The van der Waals surface area contributed by atoms with Gasteiger partial charge in [-0.3, -0.25) is 10.1 Å². The fourth-order valence-electron chi connectivity index (χ4n) is 2.33. The number of carbonyl (C=O) groups excluding carboxylic acids is 2. The Balaban J connectivity index is 1.99. The molecule has 0 aromatic heterocycles. The molecule has 2 rings (SSSR count). The molecule has 0 spiro atoms. The molecule has 90 valence electrons. The van der Waals surface area contributed by atoms with Crippen LogP contribution in [0.25, 0.3) is 0 Å². The molecule has 2 fully saturated rings. The van der Waals surface area contributed by atoms with E-state index in [-0.39, 0.29) is 17.9 Å². The summed E-state index contributed by atoms with van der Waals surface area (Å²) in [5, 5.41) is 2.44. The zero-order valence-electron chi connectivity index (χ0n) is 10.0. The van der Waals surface area contributed by atoms with E-state index in [1.165, 1.54) is 12.8 Å². The Morgan fingerprint density at radius 1 is 1.44 bits per heavy atom. The predicted molar refractivity (Wildman–Crippen MR) is 60.8 cm³/mol. The molecule has 2 atom stereocenters. The molecule has 1 N–H and O–H groups in total. The normalized spacial score (nSPS) is 27.9. The summed E-state index contributed by atoms with van der Waals surface area (Å²) < 4.78 is 0. The van der Waals surface area contributed by atoms with E-state index in [0.717, 1.165) is 18.8 Å². The van der Waals surface area contributed by atoms with Crippen molar-refractivity contribution >= 4 is 11.9 Å². The van der Waals surface area contributed by atoms with Crippen molar-refractivity contribution in [3.63, 3.8) is 0 Å². The van der Waals surface area contributed by atoms with Gasteiger partial charge in [0.2, 0.25) is 5.91 Å². The maximum Gasteiger partial charge on any atom is 0.324 e. The number of nitrogens with zero attached hydrogens (tertiary/aromatic N) is 1. The average Bonchev–Trinajstić information content (AvgIpc) is 3.04. The molecule has 4 nitrogen and oxygen atoms in total. The van der Waals surface area contributed by atoms with Gasteiger partial charge >= 0.3 is 6.03 Å². The lowest BCUT2D eigenvalue weighted by molar-refractivity contribution is -0.125. The van der Waals surface area contributed by atoms with E-state index in [4.69, 9.17) is 0 Å². The van der Waals surface area contributed by atoms with Crippen molar-refractivity contribution in [3.8, 4) is 0 Å². The SMILES string of the molecule is CCC(CC1CC1)N1CC(C)C(=O)NC1=O. The summed E-state index contributed by atoms with van der Waals surface area (Å²) in [6, 6.07) is 0.110. The van der Waals surface area contributed by atoms with Crippen molar-refractivity contribution in [2.75, 3.05) is 6.54 Å². The molecule has 1 saturated heterocycles. The van der Waals surface area contributed by atoms with Crippen LogP contribution in [0, 0.1) is 11.8 Å². The summed E-state index contributed by atoms with van der Waals surface area (Å²) in [6.07, 6.45) is 4.69. The van der Waals surface area contributed by atoms with Gasteiger partial charge in [0, 0.05) is 12.6 Å². The first-order chi connectivity index (χ1) is 7.61. The molecular weight excluding hydrogens is 204 g/mol. The maximum atomic E-state index is 11.7. The number of hydrogen-bond donors (Lipinski definition) is 1. The van der Waals surface area contributed by atoms with Crippen molar-refractivity contribution in [3.05, 3.63) is 0 Å². The number of carbonyl (C=O) groups is 2. The fourth-order valence-corrected chi connectivity index (χ4v) is 2.33. The van der Waals surface area contributed by atoms with Crippen LogP contribution in [-0.4, -0.2) is 29.4 Å². The molecule has 1 aliphatic heterocycles. The molecule has 3 amide bonds. The minimum atomic E-state index is -0.199. The van der Waals surface area contributed by atoms with E-state index in [0.29, 0.717) is 12.6 Å². The second-order valence-corrected chi connectivity index (χ2v) is 5.09. The number of urea groups is 1. The highest BCUT2D eigenvalue weighted by atomic mass is 16.2. The number of rotatable bonds is 4.